The molecule has 0 aromatic heterocycles. The third-order valence-electron chi connectivity index (χ3n) is 3.47. The van der Waals surface area contributed by atoms with Gasteiger partial charge in [0.05, 0.1) is 0 Å². The zero-order valence-electron chi connectivity index (χ0n) is 13.9. The molecule has 0 spiro atoms. The topological polar surface area (TPSA) is 83.8 Å². The van der Waals surface area contributed by atoms with Gasteiger partial charge in [-0.05, 0) is 49.1 Å². The minimum absolute atomic E-state index is 0.276. The average Bonchev–Trinajstić information content (AvgIpc) is 2.54. The molecular formula is C18H21O5PS. The predicted molar refractivity (Wildman–Crippen MR) is 100 cm³/mol. The molecule has 5 nitrogen and oxygen atoms in total. The van der Waals surface area contributed by atoms with E-state index >= 15 is 0 Å². The van der Waals surface area contributed by atoms with Gasteiger partial charge in [-0.25, -0.2) is 0 Å². The predicted octanol–water partition coefficient (Wildman–Crippen LogP) is 4.59. The van der Waals surface area contributed by atoms with Crippen molar-refractivity contribution in [2.24, 2.45) is 0 Å². The SMILES string of the molecule is CC(=O)S[C@@H](CCCc1cccc(Oc2ccccc2)c1)P(=O)(O)O. The summed E-state index contributed by atoms with van der Waals surface area (Å²) in [4.78, 5) is 28.9. The van der Waals surface area contributed by atoms with Gasteiger partial charge in [-0.15, -0.1) is 0 Å². The Morgan fingerprint density at radius 3 is 2.44 bits per heavy atom. The zero-order chi connectivity index (χ0) is 18.3. The van der Waals surface area contributed by atoms with Crippen LogP contribution in [0, 0.1) is 0 Å². The highest BCUT2D eigenvalue weighted by atomic mass is 32.2. The molecule has 0 unspecified atom stereocenters. The molecule has 0 heterocycles. The first-order chi connectivity index (χ1) is 11.8. The Bertz CT molecular complexity index is 744. The molecule has 2 aromatic carbocycles. The van der Waals surface area contributed by atoms with Crippen LogP contribution in [0.3, 0.4) is 0 Å². The number of carbonyl (C=O) groups is 1. The van der Waals surface area contributed by atoms with E-state index < -0.39 is 12.6 Å². The molecule has 2 aromatic rings. The molecule has 25 heavy (non-hydrogen) atoms. The highest BCUT2D eigenvalue weighted by Crippen LogP contribution is 2.49. The fourth-order valence-corrected chi connectivity index (χ4v) is 4.54. The summed E-state index contributed by atoms with van der Waals surface area (Å²) >= 11 is 0.720. The van der Waals surface area contributed by atoms with E-state index in [4.69, 9.17) is 4.74 Å². The van der Waals surface area contributed by atoms with Crippen molar-refractivity contribution in [3.05, 3.63) is 60.2 Å². The summed E-state index contributed by atoms with van der Waals surface area (Å²) in [6.07, 6.45) is 1.50. The number of hydrogen-bond acceptors (Lipinski definition) is 4. The van der Waals surface area contributed by atoms with Crippen LogP contribution in [0.5, 0.6) is 11.5 Å². The van der Waals surface area contributed by atoms with Crippen LogP contribution in [-0.4, -0.2) is 19.9 Å². The average molecular weight is 380 g/mol. The lowest BCUT2D eigenvalue weighted by Crippen LogP contribution is -2.07. The summed E-state index contributed by atoms with van der Waals surface area (Å²) < 4.78 is 17.2. The van der Waals surface area contributed by atoms with E-state index in [0.29, 0.717) is 18.6 Å². The lowest BCUT2D eigenvalue weighted by Gasteiger charge is -2.16. The molecule has 134 valence electrons. The highest BCUT2D eigenvalue weighted by Gasteiger charge is 2.30. The number of aryl methyl sites for hydroxylation is 1. The van der Waals surface area contributed by atoms with Crippen molar-refractivity contribution in [1.29, 1.82) is 0 Å². The molecule has 7 heteroatoms. The second-order valence-corrected chi connectivity index (χ2v) is 9.14. The Balaban J connectivity index is 1.93. The molecule has 0 aliphatic rings. The molecular weight excluding hydrogens is 359 g/mol. The van der Waals surface area contributed by atoms with Gasteiger partial charge < -0.3 is 14.5 Å². The molecule has 0 fully saturated rings. The molecule has 0 bridgehead atoms. The first kappa shape index (κ1) is 19.7. The van der Waals surface area contributed by atoms with Crippen molar-refractivity contribution in [1.82, 2.24) is 0 Å². The largest absolute Gasteiger partial charge is 0.457 e. The van der Waals surface area contributed by atoms with Crippen molar-refractivity contribution in [2.75, 3.05) is 0 Å². The van der Waals surface area contributed by atoms with E-state index in [-0.39, 0.29) is 11.5 Å². The van der Waals surface area contributed by atoms with Gasteiger partial charge in [0.1, 0.15) is 16.5 Å². The maximum absolute atomic E-state index is 11.5. The molecule has 0 aliphatic carbocycles. The van der Waals surface area contributed by atoms with Crippen LogP contribution in [0.4, 0.5) is 0 Å². The number of carbonyl (C=O) groups excluding carboxylic acids is 1. The van der Waals surface area contributed by atoms with Crippen LogP contribution in [-0.2, 0) is 15.8 Å². The smallest absolute Gasteiger partial charge is 0.338 e. The van der Waals surface area contributed by atoms with E-state index in [1.165, 1.54) is 6.92 Å². The van der Waals surface area contributed by atoms with Crippen LogP contribution in [0.2, 0.25) is 0 Å². The van der Waals surface area contributed by atoms with Crippen molar-refractivity contribution in [3.8, 4) is 11.5 Å². The second-order valence-electron chi connectivity index (χ2n) is 5.61. The standard InChI is InChI=1S/C18H21O5PS/c1-14(19)25-18(24(20,21)22)12-6-8-15-7-5-11-17(13-15)23-16-9-3-2-4-10-16/h2-5,7,9-11,13,18H,6,8,12H2,1H3,(H2,20,21,22)/t18-/m0/s1. The van der Waals surface area contributed by atoms with E-state index in [2.05, 4.69) is 0 Å². The molecule has 2 N–H and O–H groups in total. The lowest BCUT2D eigenvalue weighted by atomic mass is 10.1. The molecule has 0 amide bonds. The minimum Gasteiger partial charge on any atom is -0.457 e. The molecule has 2 rings (SSSR count). The van der Waals surface area contributed by atoms with Gasteiger partial charge in [0.25, 0.3) is 0 Å². The van der Waals surface area contributed by atoms with E-state index in [1.54, 1.807) is 0 Å². The van der Waals surface area contributed by atoms with Crippen LogP contribution >= 0.6 is 19.4 Å². The van der Waals surface area contributed by atoms with Gasteiger partial charge in [-0.3, -0.25) is 9.36 Å². The summed E-state index contributed by atoms with van der Waals surface area (Å²) in [5, 5.41) is -0.286. The van der Waals surface area contributed by atoms with E-state index in [1.807, 2.05) is 54.6 Å². The fourth-order valence-electron chi connectivity index (χ4n) is 2.36. The monoisotopic (exact) mass is 380 g/mol. The highest BCUT2D eigenvalue weighted by molar-refractivity contribution is 8.17. The van der Waals surface area contributed by atoms with Gasteiger partial charge in [-0.2, -0.15) is 0 Å². The van der Waals surface area contributed by atoms with Crippen LogP contribution in [0.1, 0.15) is 25.3 Å². The number of thioether (sulfide) groups is 1. The van der Waals surface area contributed by atoms with Crippen LogP contribution < -0.4 is 4.74 Å². The molecule has 0 aliphatic heterocycles. The number of rotatable bonds is 8. The van der Waals surface area contributed by atoms with E-state index in [9.17, 15) is 19.1 Å². The number of hydrogen-bond donors (Lipinski definition) is 2. The van der Waals surface area contributed by atoms with E-state index in [0.717, 1.165) is 23.1 Å². The summed E-state index contributed by atoms with van der Waals surface area (Å²) in [5.41, 5.74) is 1.02. The van der Waals surface area contributed by atoms with Gasteiger partial charge >= 0.3 is 7.60 Å². The summed E-state index contributed by atoms with van der Waals surface area (Å²) in [6.45, 7) is 1.32. The Hall–Kier alpha value is -1.59. The zero-order valence-corrected chi connectivity index (χ0v) is 15.6. The van der Waals surface area contributed by atoms with Crippen molar-refractivity contribution in [3.63, 3.8) is 0 Å². The Morgan fingerprint density at radius 2 is 1.80 bits per heavy atom. The van der Waals surface area contributed by atoms with Crippen LogP contribution in [0.25, 0.3) is 0 Å². The van der Waals surface area contributed by atoms with Crippen molar-refractivity contribution < 1.29 is 23.9 Å². The Labute approximate surface area is 151 Å². The molecule has 0 saturated carbocycles. The first-order valence-electron chi connectivity index (χ1n) is 7.89. The Kier molecular flexibility index (Phi) is 7.26. The summed E-state index contributed by atoms with van der Waals surface area (Å²) in [6, 6.07) is 17.1. The second kappa shape index (κ2) is 9.20. The summed E-state index contributed by atoms with van der Waals surface area (Å²) in [7, 11) is -4.29. The quantitative estimate of drug-likeness (QED) is 0.652. The summed E-state index contributed by atoms with van der Waals surface area (Å²) in [5.74, 6) is 1.47. The minimum atomic E-state index is -4.29. The lowest BCUT2D eigenvalue weighted by molar-refractivity contribution is -0.109. The number of para-hydroxylation sites is 1. The van der Waals surface area contributed by atoms with Gasteiger partial charge in [-0.1, -0.05) is 42.1 Å². The molecule has 1 atom stereocenters. The molecule has 0 radical (unpaired) electrons. The fraction of sp³-hybridized carbons (Fsp3) is 0.278. The molecule has 0 saturated heterocycles. The number of benzene rings is 2. The maximum Gasteiger partial charge on any atom is 0.338 e. The van der Waals surface area contributed by atoms with Gasteiger partial charge in [0.2, 0.25) is 0 Å². The third kappa shape index (κ3) is 7.04. The maximum atomic E-state index is 11.5. The van der Waals surface area contributed by atoms with Crippen molar-refractivity contribution in [2.45, 2.75) is 31.2 Å². The van der Waals surface area contributed by atoms with Crippen molar-refractivity contribution >= 4 is 24.5 Å². The first-order valence-corrected chi connectivity index (χ1v) is 10.4. The third-order valence-corrected chi connectivity index (χ3v) is 6.46. The van der Waals surface area contributed by atoms with Gasteiger partial charge in [0, 0.05) is 6.92 Å². The Morgan fingerprint density at radius 1 is 1.12 bits per heavy atom. The van der Waals surface area contributed by atoms with Gasteiger partial charge in [0.15, 0.2) is 5.12 Å². The van der Waals surface area contributed by atoms with Crippen LogP contribution in [0.15, 0.2) is 54.6 Å². The normalized spacial score (nSPS) is 12.6. The number of ether oxygens (including phenoxy) is 1.